The van der Waals surface area contributed by atoms with Gasteiger partial charge in [-0.25, -0.2) is 0 Å². The second-order valence-corrected chi connectivity index (χ2v) is 5.69. The molecule has 8 heteroatoms. The molecule has 140 valence electrons. The van der Waals surface area contributed by atoms with Gasteiger partial charge >= 0.3 is 6.36 Å². The number of hydrogen-bond acceptors (Lipinski definition) is 4. The molecule has 0 saturated heterocycles. The normalized spacial score (nSPS) is 14.7. The van der Waals surface area contributed by atoms with E-state index < -0.39 is 12.4 Å². The second-order valence-electron chi connectivity index (χ2n) is 5.69. The van der Waals surface area contributed by atoms with Crippen LogP contribution in [-0.4, -0.2) is 23.8 Å². The molecule has 1 aliphatic rings. The summed E-state index contributed by atoms with van der Waals surface area (Å²) in [5.41, 5.74) is 1.58. The number of carbonyl (C=O) groups excluding carboxylic acids is 1. The van der Waals surface area contributed by atoms with Gasteiger partial charge in [-0.05, 0) is 29.8 Å². The Morgan fingerprint density at radius 2 is 1.96 bits per heavy atom. The van der Waals surface area contributed by atoms with E-state index in [1.54, 1.807) is 36.7 Å². The van der Waals surface area contributed by atoms with Crippen molar-refractivity contribution in [1.29, 1.82) is 0 Å². The largest absolute Gasteiger partial charge is 0.573 e. The first kappa shape index (κ1) is 18.5. The molecule has 2 N–H and O–H groups in total. The number of carbonyl (C=O) groups is 1. The van der Waals surface area contributed by atoms with Crippen molar-refractivity contribution < 1.29 is 22.7 Å². The highest BCUT2D eigenvalue weighted by Crippen LogP contribution is 2.26. The van der Waals surface area contributed by atoms with Gasteiger partial charge in [0.05, 0.1) is 17.3 Å². The molecule has 27 heavy (non-hydrogen) atoms. The number of nitrogens with one attached hydrogen (secondary N) is 2. The van der Waals surface area contributed by atoms with Crippen LogP contribution in [0.2, 0.25) is 0 Å². The van der Waals surface area contributed by atoms with Gasteiger partial charge in [0.1, 0.15) is 5.75 Å². The third kappa shape index (κ3) is 5.10. The molecule has 5 nitrogen and oxygen atoms in total. The van der Waals surface area contributed by atoms with Crippen LogP contribution >= 0.6 is 0 Å². The van der Waals surface area contributed by atoms with E-state index in [1.165, 1.54) is 24.3 Å². The van der Waals surface area contributed by atoms with Crippen LogP contribution < -0.4 is 15.4 Å². The molecule has 0 fully saturated rings. The summed E-state index contributed by atoms with van der Waals surface area (Å²) in [6.07, 6.45) is 1.93. The Hall–Kier alpha value is -3.29. The number of halogens is 3. The summed E-state index contributed by atoms with van der Waals surface area (Å²) in [6.45, 7) is 0.640. The number of amides is 1. The van der Waals surface area contributed by atoms with Gasteiger partial charge in [-0.1, -0.05) is 30.4 Å². The summed E-state index contributed by atoms with van der Waals surface area (Å²) in [7, 11) is 0. The Morgan fingerprint density at radius 1 is 1.19 bits per heavy atom. The number of hydrogen-bond donors (Lipinski definition) is 2. The van der Waals surface area contributed by atoms with E-state index >= 15 is 0 Å². The first-order valence-corrected chi connectivity index (χ1v) is 8.10. The van der Waals surface area contributed by atoms with Gasteiger partial charge in [0.25, 0.3) is 5.91 Å². The Kier molecular flexibility index (Phi) is 5.44. The highest BCUT2D eigenvalue weighted by atomic mass is 19.4. The maximum atomic E-state index is 12.5. The van der Waals surface area contributed by atoms with Gasteiger partial charge in [0.15, 0.2) is 0 Å². The standard InChI is InChI=1S/C19H16F3N3O2/c20-19(21,22)27-15-8-6-13(7-9-15)17(16-5-1-2-11-24-16)25-18(26)14-4-3-10-23-12-14/h1-9,11-12,17,23H,10H2,(H,25,26). The lowest BCUT2D eigenvalue weighted by Crippen LogP contribution is -2.32. The molecule has 1 amide bonds. The lowest BCUT2D eigenvalue weighted by atomic mass is 10.0. The van der Waals surface area contributed by atoms with Crippen LogP contribution in [0.5, 0.6) is 5.75 Å². The molecule has 0 bridgehead atoms. The van der Waals surface area contributed by atoms with Crippen molar-refractivity contribution in [3.63, 3.8) is 0 Å². The van der Waals surface area contributed by atoms with Crippen molar-refractivity contribution in [2.45, 2.75) is 12.4 Å². The van der Waals surface area contributed by atoms with Gasteiger partial charge in [-0.15, -0.1) is 13.2 Å². The van der Waals surface area contributed by atoms with Crippen molar-refractivity contribution in [2.75, 3.05) is 6.54 Å². The van der Waals surface area contributed by atoms with Gasteiger partial charge in [-0.2, -0.15) is 0 Å². The minimum Gasteiger partial charge on any atom is -0.406 e. The molecule has 3 rings (SSSR count). The molecule has 1 atom stereocenters. The summed E-state index contributed by atoms with van der Waals surface area (Å²) in [4.78, 5) is 16.8. The Morgan fingerprint density at radius 3 is 2.56 bits per heavy atom. The van der Waals surface area contributed by atoms with Gasteiger partial charge < -0.3 is 15.4 Å². The lowest BCUT2D eigenvalue weighted by Gasteiger charge is -2.20. The molecule has 2 aromatic rings. The first-order chi connectivity index (χ1) is 12.9. The fourth-order valence-electron chi connectivity index (χ4n) is 2.56. The molecule has 1 unspecified atom stereocenters. The highest BCUT2D eigenvalue weighted by molar-refractivity contribution is 5.96. The van der Waals surface area contributed by atoms with Crippen LogP contribution in [0.1, 0.15) is 17.3 Å². The number of alkyl halides is 3. The monoisotopic (exact) mass is 375 g/mol. The zero-order valence-electron chi connectivity index (χ0n) is 14.0. The Labute approximate surface area is 153 Å². The van der Waals surface area contributed by atoms with E-state index in [0.717, 1.165) is 0 Å². The number of ether oxygens (including phenoxy) is 1. The maximum absolute atomic E-state index is 12.5. The summed E-state index contributed by atoms with van der Waals surface area (Å²) in [6, 6.07) is 9.93. The maximum Gasteiger partial charge on any atom is 0.573 e. The second kappa shape index (κ2) is 7.94. The molecule has 0 saturated carbocycles. The summed E-state index contributed by atoms with van der Waals surface area (Å²) < 4.78 is 40.9. The van der Waals surface area contributed by atoms with Crippen LogP contribution in [0.25, 0.3) is 0 Å². The number of rotatable bonds is 5. The predicted octanol–water partition coefficient (Wildman–Crippen LogP) is 3.23. The summed E-state index contributed by atoms with van der Waals surface area (Å²) >= 11 is 0. The number of nitrogens with zero attached hydrogens (tertiary/aromatic N) is 1. The van der Waals surface area contributed by atoms with Crippen LogP contribution in [-0.2, 0) is 4.79 Å². The van der Waals surface area contributed by atoms with Crippen LogP contribution in [0, 0.1) is 0 Å². The van der Waals surface area contributed by atoms with Crippen molar-refractivity contribution >= 4 is 5.91 Å². The molecular formula is C19H16F3N3O2. The Bertz CT molecular complexity index is 847. The van der Waals surface area contributed by atoms with Crippen molar-refractivity contribution in [3.05, 3.63) is 83.8 Å². The quantitative estimate of drug-likeness (QED) is 0.842. The third-order valence-electron chi connectivity index (χ3n) is 3.76. The van der Waals surface area contributed by atoms with Crippen LogP contribution in [0.4, 0.5) is 13.2 Å². The predicted molar refractivity (Wildman–Crippen MR) is 92.6 cm³/mol. The van der Waals surface area contributed by atoms with Crippen LogP contribution in [0.15, 0.2) is 72.6 Å². The summed E-state index contributed by atoms with van der Waals surface area (Å²) in [5.74, 6) is -0.663. The SMILES string of the molecule is O=C(NC(c1ccc(OC(F)(F)F)cc1)c1ccccn1)C1=CNCC=C1. The van der Waals surface area contributed by atoms with E-state index in [1.807, 2.05) is 6.08 Å². The summed E-state index contributed by atoms with van der Waals surface area (Å²) in [5, 5.41) is 5.81. The first-order valence-electron chi connectivity index (χ1n) is 8.10. The van der Waals surface area contributed by atoms with Gasteiger partial charge in [0, 0.05) is 18.9 Å². The molecule has 2 heterocycles. The molecule has 0 aliphatic carbocycles. The van der Waals surface area contributed by atoms with E-state index in [-0.39, 0.29) is 11.7 Å². The molecule has 1 aliphatic heterocycles. The topological polar surface area (TPSA) is 63.2 Å². The zero-order valence-corrected chi connectivity index (χ0v) is 14.0. The zero-order chi connectivity index (χ0) is 19.3. The lowest BCUT2D eigenvalue weighted by molar-refractivity contribution is -0.274. The van der Waals surface area contributed by atoms with Crippen molar-refractivity contribution in [1.82, 2.24) is 15.6 Å². The van der Waals surface area contributed by atoms with E-state index in [2.05, 4.69) is 20.4 Å². The molecule has 0 radical (unpaired) electrons. The number of benzene rings is 1. The van der Waals surface area contributed by atoms with Crippen LogP contribution in [0.3, 0.4) is 0 Å². The van der Waals surface area contributed by atoms with E-state index in [9.17, 15) is 18.0 Å². The smallest absolute Gasteiger partial charge is 0.406 e. The van der Waals surface area contributed by atoms with Crippen molar-refractivity contribution in [3.8, 4) is 5.75 Å². The number of aromatic nitrogens is 1. The highest BCUT2D eigenvalue weighted by Gasteiger charge is 2.31. The van der Waals surface area contributed by atoms with Gasteiger partial charge in [0.2, 0.25) is 0 Å². The molecule has 1 aromatic heterocycles. The number of dihydropyridines is 1. The minimum atomic E-state index is -4.76. The fourth-order valence-corrected chi connectivity index (χ4v) is 2.56. The number of pyridine rings is 1. The molecular weight excluding hydrogens is 359 g/mol. The molecule has 1 aromatic carbocycles. The molecule has 0 spiro atoms. The third-order valence-corrected chi connectivity index (χ3v) is 3.76. The average molecular weight is 375 g/mol. The van der Waals surface area contributed by atoms with E-state index in [0.29, 0.717) is 23.4 Å². The average Bonchev–Trinajstić information content (AvgIpc) is 2.67. The fraction of sp³-hybridized carbons (Fsp3) is 0.158. The minimum absolute atomic E-state index is 0.329. The van der Waals surface area contributed by atoms with E-state index in [4.69, 9.17) is 0 Å². The van der Waals surface area contributed by atoms with Gasteiger partial charge in [-0.3, -0.25) is 9.78 Å². The Balaban J connectivity index is 1.85. The van der Waals surface area contributed by atoms with Crippen molar-refractivity contribution in [2.24, 2.45) is 0 Å².